The number of nitrogens with two attached hydrogens (primary N) is 1. The highest BCUT2D eigenvalue weighted by Gasteiger charge is 2.19. The van der Waals surface area contributed by atoms with E-state index in [-0.39, 0.29) is 17.2 Å². The number of rotatable bonds is 6. The maximum absolute atomic E-state index is 12.6. The highest BCUT2D eigenvalue weighted by Crippen LogP contribution is 2.26. The maximum atomic E-state index is 12.6. The second-order valence-electron chi connectivity index (χ2n) is 7.40. The van der Waals surface area contributed by atoms with Crippen molar-refractivity contribution in [1.82, 2.24) is 10.6 Å². The van der Waals surface area contributed by atoms with E-state index >= 15 is 0 Å². The second kappa shape index (κ2) is 9.75. The highest BCUT2D eigenvalue weighted by molar-refractivity contribution is 6.01. The van der Waals surface area contributed by atoms with Crippen molar-refractivity contribution >= 4 is 17.5 Å². The summed E-state index contributed by atoms with van der Waals surface area (Å²) in [5, 5.41) is 14.8. The Kier molecular flexibility index (Phi) is 6.87. The zero-order valence-electron chi connectivity index (χ0n) is 17.1. The van der Waals surface area contributed by atoms with E-state index in [1.807, 2.05) is 19.1 Å². The highest BCUT2D eigenvalue weighted by atomic mass is 16.2. The first-order chi connectivity index (χ1) is 14.5. The minimum atomic E-state index is -0.525. The van der Waals surface area contributed by atoms with Gasteiger partial charge in [-0.3, -0.25) is 9.59 Å². The number of aryl methyl sites for hydroxylation is 2. The van der Waals surface area contributed by atoms with Crippen molar-refractivity contribution < 1.29 is 9.59 Å². The summed E-state index contributed by atoms with van der Waals surface area (Å²) >= 11 is 0. The van der Waals surface area contributed by atoms with E-state index in [4.69, 9.17) is 5.73 Å². The van der Waals surface area contributed by atoms with Gasteiger partial charge in [-0.25, -0.2) is 0 Å². The van der Waals surface area contributed by atoms with Crippen LogP contribution in [0.2, 0.25) is 0 Å². The zero-order valence-corrected chi connectivity index (χ0v) is 17.1. The number of carbonyl (C=O) groups is 2. The third kappa shape index (κ3) is 4.87. The smallest absolute Gasteiger partial charge is 0.263 e. The van der Waals surface area contributed by atoms with Gasteiger partial charge in [-0.05, 0) is 60.9 Å². The van der Waals surface area contributed by atoms with E-state index in [9.17, 15) is 14.9 Å². The molecular formula is C24H26N4O2. The maximum Gasteiger partial charge on any atom is 0.263 e. The fraction of sp³-hybridized carbons (Fsp3) is 0.292. The number of nitriles is 1. The van der Waals surface area contributed by atoms with E-state index in [0.29, 0.717) is 12.1 Å². The van der Waals surface area contributed by atoms with Gasteiger partial charge in [-0.2, -0.15) is 5.26 Å². The van der Waals surface area contributed by atoms with Crippen LogP contribution in [0, 0.1) is 11.3 Å². The summed E-state index contributed by atoms with van der Waals surface area (Å²) in [5.41, 5.74) is 9.98. The minimum Gasteiger partial charge on any atom is -0.398 e. The van der Waals surface area contributed by atoms with Crippen LogP contribution in [-0.2, 0) is 17.6 Å². The van der Waals surface area contributed by atoms with Crippen LogP contribution in [0.5, 0.6) is 0 Å². The third-order valence-corrected chi connectivity index (χ3v) is 5.41. The number of para-hydroxylation sites is 1. The molecule has 2 aromatic rings. The average molecular weight is 402 g/mol. The Morgan fingerprint density at radius 1 is 1.17 bits per heavy atom. The van der Waals surface area contributed by atoms with Gasteiger partial charge in [-0.15, -0.1) is 0 Å². The first-order valence-electron chi connectivity index (χ1n) is 10.2. The lowest BCUT2D eigenvalue weighted by Crippen LogP contribution is -2.30. The van der Waals surface area contributed by atoms with Gasteiger partial charge in [0.2, 0.25) is 0 Å². The fourth-order valence-corrected chi connectivity index (χ4v) is 3.70. The predicted octanol–water partition coefficient (Wildman–Crippen LogP) is 3.55. The molecule has 0 spiro atoms. The average Bonchev–Trinajstić information content (AvgIpc) is 2.77. The van der Waals surface area contributed by atoms with Gasteiger partial charge in [0.1, 0.15) is 11.6 Å². The number of hydrogen-bond donors (Lipinski definition) is 3. The SMILES string of the molecule is CCC(NC(=O)/C(C#N)=C\NC(=O)c1ccccc1N)c1ccc2c(c1)CCCC2. The molecule has 0 heterocycles. The molecule has 1 unspecified atom stereocenters. The molecular weight excluding hydrogens is 376 g/mol. The van der Waals surface area contributed by atoms with Gasteiger partial charge < -0.3 is 16.4 Å². The van der Waals surface area contributed by atoms with E-state index in [0.717, 1.165) is 24.6 Å². The van der Waals surface area contributed by atoms with Crippen LogP contribution in [0.3, 0.4) is 0 Å². The van der Waals surface area contributed by atoms with Crippen molar-refractivity contribution in [3.05, 3.63) is 76.5 Å². The van der Waals surface area contributed by atoms with Gasteiger partial charge in [-0.1, -0.05) is 37.3 Å². The van der Waals surface area contributed by atoms with Gasteiger partial charge in [0, 0.05) is 11.9 Å². The normalized spacial score (nSPS) is 14.2. The number of hydrogen-bond acceptors (Lipinski definition) is 4. The molecule has 1 aliphatic carbocycles. The monoisotopic (exact) mass is 402 g/mol. The molecule has 0 aliphatic heterocycles. The molecule has 4 N–H and O–H groups in total. The third-order valence-electron chi connectivity index (χ3n) is 5.41. The largest absolute Gasteiger partial charge is 0.398 e. The van der Waals surface area contributed by atoms with Gasteiger partial charge in [0.15, 0.2) is 0 Å². The molecule has 6 heteroatoms. The van der Waals surface area contributed by atoms with Crippen LogP contribution in [-0.4, -0.2) is 11.8 Å². The number of carbonyl (C=O) groups excluding carboxylic acids is 2. The second-order valence-corrected chi connectivity index (χ2v) is 7.40. The van der Waals surface area contributed by atoms with Gasteiger partial charge in [0.05, 0.1) is 11.6 Å². The number of nitrogens with zero attached hydrogens (tertiary/aromatic N) is 1. The first kappa shape index (κ1) is 21.1. The number of benzene rings is 2. The van der Waals surface area contributed by atoms with Crippen LogP contribution in [0.1, 0.15) is 59.3 Å². The quantitative estimate of drug-likeness (QED) is 0.390. The van der Waals surface area contributed by atoms with Crippen molar-refractivity contribution in [1.29, 1.82) is 5.26 Å². The molecule has 2 amide bonds. The Morgan fingerprint density at radius 3 is 2.60 bits per heavy atom. The first-order valence-corrected chi connectivity index (χ1v) is 10.2. The summed E-state index contributed by atoms with van der Waals surface area (Å²) in [6, 6.07) is 14.6. The molecule has 0 bridgehead atoms. The molecule has 154 valence electrons. The van der Waals surface area contributed by atoms with Crippen LogP contribution < -0.4 is 16.4 Å². The summed E-state index contributed by atoms with van der Waals surface area (Å²) in [7, 11) is 0. The van der Waals surface area contributed by atoms with Crippen LogP contribution in [0.25, 0.3) is 0 Å². The Bertz CT molecular complexity index is 1020. The number of nitrogens with one attached hydrogen (secondary N) is 2. The molecule has 0 radical (unpaired) electrons. The topological polar surface area (TPSA) is 108 Å². The van der Waals surface area contributed by atoms with Crippen molar-refractivity contribution in [2.75, 3.05) is 5.73 Å². The molecule has 0 saturated heterocycles. The van der Waals surface area contributed by atoms with Crippen LogP contribution in [0.4, 0.5) is 5.69 Å². The summed E-state index contributed by atoms with van der Waals surface area (Å²) in [6.07, 6.45) is 6.39. The Morgan fingerprint density at radius 2 is 1.90 bits per heavy atom. The number of fused-ring (bicyclic) bond motifs is 1. The van der Waals surface area contributed by atoms with Gasteiger partial charge >= 0.3 is 0 Å². The lowest BCUT2D eigenvalue weighted by Gasteiger charge is -2.21. The Balaban J connectivity index is 1.70. The molecule has 0 saturated carbocycles. The standard InChI is InChI=1S/C24H26N4O2/c1-2-22(18-12-11-16-7-3-4-8-17(16)13-18)28-23(29)19(14-25)15-27-24(30)20-9-5-6-10-21(20)26/h5-6,9-13,15,22H,2-4,7-8,26H2,1H3,(H,27,30)(H,28,29)/b19-15-. The van der Waals surface area contributed by atoms with E-state index in [1.54, 1.807) is 24.3 Å². The molecule has 6 nitrogen and oxygen atoms in total. The lowest BCUT2D eigenvalue weighted by atomic mass is 9.88. The van der Waals surface area contributed by atoms with Crippen molar-refractivity contribution in [2.24, 2.45) is 0 Å². The summed E-state index contributed by atoms with van der Waals surface area (Å²) in [4.78, 5) is 24.9. The molecule has 3 rings (SSSR count). The fourth-order valence-electron chi connectivity index (χ4n) is 3.70. The summed E-state index contributed by atoms with van der Waals surface area (Å²) in [6.45, 7) is 1.99. The van der Waals surface area contributed by atoms with E-state index < -0.39 is 11.8 Å². The number of anilines is 1. The van der Waals surface area contributed by atoms with E-state index in [1.165, 1.54) is 24.0 Å². The van der Waals surface area contributed by atoms with Crippen LogP contribution in [0.15, 0.2) is 54.2 Å². The lowest BCUT2D eigenvalue weighted by molar-refractivity contribution is -0.117. The van der Waals surface area contributed by atoms with Crippen molar-refractivity contribution in [3.8, 4) is 6.07 Å². The van der Waals surface area contributed by atoms with Gasteiger partial charge in [0.25, 0.3) is 11.8 Å². The number of amides is 2. The zero-order chi connectivity index (χ0) is 21.5. The summed E-state index contributed by atoms with van der Waals surface area (Å²) in [5.74, 6) is -1.00. The van der Waals surface area contributed by atoms with Crippen molar-refractivity contribution in [3.63, 3.8) is 0 Å². The molecule has 1 atom stereocenters. The molecule has 0 aromatic heterocycles. The number of nitrogen functional groups attached to an aromatic ring is 1. The molecule has 2 aromatic carbocycles. The summed E-state index contributed by atoms with van der Waals surface area (Å²) < 4.78 is 0. The van der Waals surface area contributed by atoms with Crippen LogP contribution >= 0.6 is 0 Å². The molecule has 30 heavy (non-hydrogen) atoms. The minimum absolute atomic E-state index is 0.172. The molecule has 1 aliphatic rings. The Hall–Kier alpha value is -3.59. The Labute approximate surface area is 176 Å². The predicted molar refractivity (Wildman–Crippen MR) is 116 cm³/mol. The van der Waals surface area contributed by atoms with E-state index in [2.05, 4.69) is 22.8 Å². The van der Waals surface area contributed by atoms with Crippen molar-refractivity contribution in [2.45, 2.75) is 45.1 Å². The molecule has 0 fully saturated rings.